The molecule has 0 spiro atoms. The van der Waals surface area contributed by atoms with E-state index >= 15 is 0 Å². The molecular formula is C29H33ClN4O9. The van der Waals surface area contributed by atoms with Gasteiger partial charge in [-0.1, -0.05) is 74.0 Å². The van der Waals surface area contributed by atoms with Crippen LogP contribution in [0, 0.1) is 16.0 Å². The first-order valence-electron chi connectivity index (χ1n) is 13.8. The topological polar surface area (TPSA) is 194 Å². The van der Waals surface area contributed by atoms with E-state index in [9.17, 15) is 34.1 Å². The quantitative estimate of drug-likeness (QED) is 0.132. The fourth-order valence-corrected chi connectivity index (χ4v) is 4.97. The fourth-order valence-electron chi connectivity index (χ4n) is 4.80. The van der Waals surface area contributed by atoms with Gasteiger partial charge in [0.1, 0.15) is 24.2 Å². The molecule has 3 rings (SSSR count). The van der Waals surface area contributed by atoms with Crippen LogP contribution in [0.4, 0.5) is 5.69 Å². The molecule has 0 saturated heterocycles. The van der Waals surface area contributed by atoms with E-state index in [4.69, 9.17) is 21.4 Å². The summed E-state index contributed by atoms with van der Waals surface area (Å²) in [6, 6.07) is 9.67. The van der Waals surface area contributed by atoms with Crippen LogP contribution in [0.1, 0.15) is 54.4 Å². The number of benzene rings is 2. The molecular weight excluding hydrogens is 584 g/mol. The minimum atomic E-state index is -1.52. The predicted octanol–water partition coefficient (Wildman–Crippen LogP) is 2.79. The number of carbonyl (C=O) groups excluding carboxylic acids is 4. The summed E-state index contributed by atoms with van der Waals surface area (Å²) in [6.45, 7) is -1.18. The fraction of sp³-hybridized carbons (Fsp3) is 0.414. The summed E-state index contributed by atoms with van der Waals surface area (Å²) in [5, 5.41) is 27.5. The zero-order valence-corrected chi connectivity index (χ0v) is 24.0. The number of carboxylic acid groups (broad SMARTS) is 1. The van der Waals surface area contributed by atoms with E-state index in [0.717, 1.165) is 49.8 Å². The lowest BCUT2D eigenvalue weighted by molar-refractivity contribution is -0.385. The Labute approximate surface area is 252 Å². The molecule has 230 valence electrons. The molecule has 4 N–H and O–H groups in total. The molecule has 1 aliphatic carbocycles. The lowest BCUT2D eigenvalue weighted by Crippen LogP contribution is -2.56. The molecule has 2 atom stereocenters. The van der Waals surface area contributed by atoms with Gasteiger partial charge in [-0.2, -0.15) is 0 Å². The molecule has 3 amide bonds. The third-order valence-corrected chi connectivity index (χ3v) is 7.20. The van der Waals surface area contributed by atoms with Gasteiger partial charge in [0, 0.05) is 11.1 Å². The molecule has 43 heavy (non-hydrogen) atoms. The molecule has 1 fully saturated rings. The molecule has 0 bridgehead atoms. The smallest absolute Gasteiger partial charge is 0.322 e. The monoisotopic (exact) mass is 616 g/mol. The number of nitro groups is 1. The normalized spacial score (nSPS) is 14.6. The molecule has 0 aromatic heterocycles. The molecule has 1 aliphatic rings. The Morgan fingerprint density at radius 2 is 1.70 bits per heavy atom. The average Bonchev–Trinajstić information content (AvgIpc) is 2.99. The standard InChI is InChI=1S/C29H33ClN4O9/c30-20-11-12-24(34(41)42)21(14-20)27(38)32-22(13-18-7-3-1-4-8-18)28(39)33-23(26(37)29(40)31-15-25(35)36)17-43-16-19-9-5-2-6-10-19/h2,5-6,9-12,14,18,22-23H,1,3-4,7-8,13,15-17H2,(H,31,40)(H,32,38)(H,33,39)(H,35,36)/t22-,23?/m1/s1. The first-order valence-corrected chi connectivity index (χ1v) is 14.1. The Morgan fingerprint density at radius 1 is 1.00 bits per heavy atom. The van der Waals surface area contributed by atoms with Crippen molar-refractivity contribution in [3.05, 3.63) is 74.8 Å². The van der Waals surface area contributed by atoms with Crippen molar-refractivity contribution in [3.63, 3.8) is 0 Å². The predicted molar refractivity (Wildman–Crippen MR) is 154 cm³/mol. The van der Waals surface area contributed by atoms with Gasteiger partial charge in [0.05, 0.1) is 18.1 Å². The summed E-state index contributed by atoms with van der Waals surface area (Å²) >= 11 is 5.98. The van der Waals surface area contributed by atoms with Crippen molar-refractivity contribution in [2.45, 2.75) is 57.2 Å². The minimum Gasteiger partial charge on any atom is -0.480 e. The molecule has 1 saturated carbocycles. The highest BCUT2D eigenvalue weighted by atomic mass is 35.5. The van der Waals surface area contributed by atoms with E-state index in [-0.39, 0.29) is 29.5 Å². The number of carboxylic acids is 1. The first kappa shape index (κ1) is 33.1. The Kier molecular flexibility index (Phi) is 12.6. The second-order valence-corrected chi connectivity index (χ2v) is 10.6. The number of hydrogen-bond acceptors (Lipinski definition) is 8. The van der Waals surface area contributed by atoms with Crippen LogP contribution in [0.2, 0.25) is 5.02 Å². The van der Waals surface area contributed by atoms with Crippen LogP contribution in [0.3, 0.4) is 0 Å². The largest absolute Gasteiger partial charge is 0.480 e. The summed E-state index contributed by atoms with van der Waals surface area (Å²) < 4.78 is 5.61. The van der Waals surface area contributed by atoms with E-state index in [0.29, 0.717) is 0 Å². The van der Waals surface area contributed by atoms with Crippen molar-refractivity contribution in [2.75, 3.05) is 13.2 Å². The van der Waals surface area contributed by atoms with Crippen LogP contribution >= 0.6 is 11.6 Å². The lowest BCUT2D eigenvalue weighted by Gasteiger charge is -2.28. The summed E-state index contributed by atoms with van der Waals surface area (Å²) in [5.74, 6) is -5.41. The molecule has 0 radical (unpaired) electrons. The summed E-state index contributed by atoms with van der Waals surface area (Å²) in [6.07, 6.45) is 4.70. The molecule has 1 unspecified atom stereocenters. The van der Waals surface area contributed by atoms with E-state index in [1.165, 1.54) is 6.07 Å². The first-order chi connectivity index (χ1) is 20.5. The molecule has 2 aromatic rings. The van der Waals surface area contributed by atoms with Crippen LogP contribution in [0.5, 0.6) is 0 Å². The van der Waals surface area contributed by atoms with Crippen molar-refractivity contribution in [1.82, 2.24) is 16.0 Å². The highest BCUT2D eigenvalue weighted by Gasteiger charge is 2.33. The van der Waals surface area contributed by atoms with Crippen molar-refractivity contribution in [1.29, 1.82) is 0 Å². The number of Topliss-reactive ketones (excluding diaryl/α,β-unsaturated/α-hetero) is 1. The van der Waals surface area contributed by atoms with Gasteiger partial charge >= 0.3 is 5.97 Å². The Morgan fingerprint density at radius 3 is 2.35 bits per heavy atom. The van der Waals surface area contributed by atoms with Gasteiger partial charge in [-0.05, 0) is 30.0 Å². The van der Waals surface area contributed by atoms with Crippen molar-refractivity contribution >= 4 is 46.8 Å². The van der Waals surface area contributed by atoms with Crippen molar-refractivity contribution in [2.24, 2.45) is 5.92 Å². The number of nitrogens with zero attached hydrogens (tertiary/aromatic N) is 1. The van der Waals surface area contributed by atoms with Crippen LogP contribution < -0.4 is 16.0 Å². The number of nitrogens with one attached hydrogen (secondary N) is 3. The van der Waals surface area contributed by atoms with Gasteiger partial charge in [0.25, 0.3) is 17.5 Å². The zero-order valence-electron chi connectivity index (χ0n) is 23.3. The lowest BCUT2D eigenvalue weighted by atomic mass is 9.84. The van der Waals surface area contributed by atoms with Gasteiger partial charge in [-0.25, -0.2) is 0 Å². The Balaban J connectivity index is 1.82. The number of hydrogen-bond donors (Lipinski definition) is 4. The summed E-state index contributed by atoms with van der Waals surface area (Å²) in [7, 11) is 0. The van der Waals surface area contributed by atoms with E-state index < -0.39 is 65.3 Å². The third kappa shape index (κ3) is 10.5. The van der Waals surface area contributed by atoms with E-state index in [1.807, 2.05) is 11.4 Å². The van der Waals surface area contributed by atoms with Crippen molar-refractivity contribution in [3.8, 4) is 0 Å². The van der Waals surface area contributed by atoms with Gasteiger partial charge in [0.2, 0.25) is 11.7 Å². The van der Waals surface area contributed by atoms with E-state index in [1.54, 1.807) is 24.3 Å². The number of nitro benzene ring substituents is 1. The highest BCUT2D eigenvalue weighted by Crippen LogP contribution is 2.28. The Hall–Kier alpha value is -4.36. The maximum atomic E-state index is 13.6. The van der Waals surface area contributed by atoms with E-state index in [2.05, 4.69) is 10.6 Å². The molecule has 0 aliphatic heterocycles. The second-order valence-electron chi connectivity index (χ2n) is 10.2. The van der Waals surface area contributed by atoms with Gasteiger partial charge in [-0.15, -0.1) is 0 Å². The molecule has 14 heteroatoms. The van der Waals surface area contributed by atoms with Crippen LogP contribution in [0.15, 0.2) is 48.5 Å². The third-order valence-electron chi connectivity index (χ3n) is 6.97. The SMILES string of the molecule is O=C(O)CNC(=O)C(=O)C(COCc1ccccc1)NC(=O)[C@@H](CC1CCCCC1)NC(=O)c1cc(Cl)ccc1[N+](=O)[O-]. The molecule has 2 aromatic carbocycles. The zero-order chi connectivity index (χ0) is 31.4. The number of carbonyl (C=O) groups is 5. The molecule has 0 heterocycles. The van der Waals surface area contributed by atoms with Gasteiger partial charge in [0.15, 0.2) is 0 Å². The van der Waals surface area contributed by atoms with Gasteiger partial charge in [-0.3, -0.25) is 34.1 Å². The number of halogens is 1. The number of rotatable bonds is 15. The van der Waals surface area contributed by atoms with Crippen LogP contribution in [0.25, 0.3) is 0 Å². The maximum absolute atomic E-state index is 13.6. The number of aliphatic carboxylic acids is 1. The van der Waals surface area contributed by atoms with Crippen molar-refractivity contribution < 1.29 is 38.7 Å². The number of ether oxygens (including phenoxy) is 1. The Bertz CT molecular complexity index is 1330. The van der Waals surface area contributed by atoms with Crippen LogP contribution in [-0.4, -0.2) is 64.7 Å². The second kappa shape index (κ2) is 16.3. The maximum Gasteiger partial charge on any atom is 0.322 e. The average molecular weight is 617 g/mol. The summed E-state index contributed by atoms with van der Waals surface area (Å²) in [5.41, 5.74) is -0.0806. The minimum absolute atomic E-state index is 0.0535. The van der Waals surface area contributed by atoms with Crippen LogP contribution in [-0.2, 0) is 30.5 Å². The molecule has 13 nitrogen and oxygen atoms in total. The number of amides is 3. The highest BCUT2D eigenvalue weighted by molar-refractivity contribution is 6.38. The summed E-state index contributed by atoms with van der Waals surface area (Å²) in [4.78, 5) is 73.9. The van der Waals surface area contributed by atoms with Gasteiger partial charge < -0.3 is 25.8 Å². The number of ketones is 1.